The molecule has 0 aliphatic carbocycles. The molecule has 3 aromatic rings. The van der Waals surface area contributed by atoms with E-state index in [4.69, 9.17) is 0 Å². The molecule has 1 N–H and O–H groups in total. The number of anilines is 1. The summed E-state index contributed by atoms with van der Waals surface area (Å²) >= 11 is 1.17. The van der Waals surface area contributed by atoms with E-state index in [0.717, 1.165) is 18.6 Å². The van der Waals surface area contributed by atoms with Crippen LogP contribution in [0, 0.1) is 11.7 Å². The normalized spacial score (nSPS) is 20.9. The monoisotopic (exact) mass is 509 g/mol. The molecule has 2 aliphatic rings. The van der Waals surface area contributed by atoms with Gasteiger partial charge in [-0.05, 0) is 54.1 Å². The van der Waals surface area contributed by atoms with Crippen LogP contribution in [0.2, 0.25) is 0 Å². The lowest BCUT2D eigenvalue weighted by molar-refractivity contribution is 0.186. The number of rotatable bonds is 5. The molecule has 4 heterocycles. The van der Waals surface area contributed by atoms with Crippen LogP contribution < -0.4 is 10.3 Å². The Morgan fingerprint density at radius 1 is 1.00 bits per heavy atom. The zero-order valence-electron chi connectivity index (χ0n) is 17.2. The lowest BCUT2D eigenvalue weighted by Crippen LogP contribution is -2.49. The highest BCUT2D eigenvalue weighted by atomic mass is 32.2. The van der Waals surface area contributed by atoms with E-state index in [-0.39, 0.29) is 35.5 Å². The number of piperidine rings is 1. The fourth-order valence-electron chi connectivity index (χ4n) is 4.55. The standard InChI is InChI=1S/C21H20FN3O5S3/c22-16-3-1-4-17(10-16)32(27,28)23-18-6-7-19-15-9-14(12-25(19)21(18)26)11-24(13-15)33(29,30)20-5-2-8-31-20/h1-8,10,14-15,23H,9,11-13H2/t14-,15+/m0/s1. The molecule has 2 atom stereocenters. The lowest BCUT2D eigenvalue weighted by atomic mass is 9.84. The molecule has 33 heavy (non-hydrogen) atoms. The van der Waals surface area contributed by atoms with Gasteiger partial charge >= 0.3 is 0 Å². The van der Waals surface area contributed by atoms with Crippen molar-refractivity contribution in [3.63, 3.8) is 0 Å². The molecule has 0 saturated carbocycles. The molecule has 12 heteroatoms. The van der Waals surface area contributed by atoms with E-state index in [9.17, 15) is 26.0 Å². The molecule has 8 nitrogen and oxygen atoms in total. The highest BCUT2D eigenvalue weighted by Crippen LogP contribution is 2.38. The Hall–Kier alpha value is -2.54. The number of sulfonamides is 2. The highest BCUT2D eigenvalue weighted by Gasteiger charge is 2.40. The Morgan fingerprint density at radius 2 is 1.82 bits per heavy atom. The van der Waals surface area contributed by atoms with Crippen LogP contribution in [0.4, 0.5) is 10.1 Å². The van der Waals surface area contributed by atoms with Gasteiger partial charge in [-0.1, -0.05) is 12.1 Å². The first-order chi connectivity index (χ1) is 15.6. The van der Waals surface area contributed by atoms with Crippen LogP contribution in [-0.4, -0.2) is 38.8 Å². The van der Waals surface area contributed by atoms with Crippen molar-refractivity contribution in [3.8, 4) is 0 Å². The largest absolute Gasteiger partial charge is 0.310 e. The number of nitrogens with one attached hydrogen (secondary N) is 1. The second-order valence-electron chi connectivity index (χ2n) is 8.20. The van der Waals surface area contributed by atoms with Crippen LogP contribution in [0.1, 0.15) is 18.0 Å². The highest BCUT2D eigenvalue weighted by molar-refractivity contribution is 7.92. The average molecular weight is 510 g/mol. The van der Waals surface area contributed by atoms with E-state index in [1.807, 2.05) is 0 Å². The van der Waals surface area contributed by atoms with Gasteiger partial charge in [0.2, 0.25) is 0 Å². The van der Waals surface area contributed by atoms with Crippen molar-refractivity contribution in [2.24, 2.45) is 5.92 Å². The number of thiophene rings is 1. The molecule has 5 rings (SSSR count). The molecule has 174 valence electrons. The molecule has 1 saturated heterocycles. The van der Waals surface area contributed by atoms with Crippen LogP contribution in [-0.2, 0) is 26.6 Å². The van der Waals surface area contributed by atoms with Crippen LogP contribution in [0.15, 0.2) is 67.8 Å². The lowest BCUT2D eigenvalue weighted by Gasteiger charge is -2.42. The second kappa shape index (κ2) is 8.05. The molecule has 0 radical (unpaired) electrons. The quantitative estimate of drug-likeness (QED) is 0.569. The first-order valence-electron chi connectivity index (χ1n) is 10.2. The van der Waals surface area contributed by atoms with Gasteiger partial charge in [-0.3, -0.25) is 9.52 Å². The number of hydrogen-bond donors (Lipinski definition) is 1. The van der Waals surface area contributed by atoms with Crippen molar-refractivity contribution in [3.05, 3.63) is 75.8 Å². The van der Waals surface area contributed by atoms with Gasteiger partial charge in [0.05, 0.1) is 4.90 Å². The number of hydrogen-bond acceptors (Lipinski definition) is 6. The Kier molecular flexibility index (Phi) is 5.43. The molecule has 0 unspecified atom stereocenters. The molecule has 2 bridgehead atoms. The van der Waals surface area contributed by atoms with Gasteiger partial charge in [0.25, 0.3) is 25.6 Å². The number of nitrogens with zero attached hydrogens (tertiary/aromatic N) is 2. The molecule has 0 spiro atoms. The summed E-state index contributed by atoms with van der Waals surface area (Å²) in [6, 6.07) is 10.9. The zero-order chi connectivity index (χ0) is 23.4. The maximum absolute atomic E-state index is 13.5. The van der Waals surface area contributed by atoms with Crippen molar-refractivity contribution >= 4 is 37.1 Å². The minimum absolute atomic E-state index is 0.0706. The third-order valence-electron chi connectivity index (χ3n) is 6.01. The molecular formula is C21H20FN3O5S3. The number of halogens is 1. The Balaban J connectivity index is 1.44. The fourth-order valence-corrected chi connectivity index (χ4v) is 8.35. The third kappa shape index (κ3) is 4.01. The van der Waals surface area contributed by atoms with Gasteiger partial charge in [-0.15, -0.1) is 11.3 Å². The summed E-state index contributed by atoms with van der Waals surface area (Å²) in [6.07, 6.45) is 0.754. The summed E-state index contributed by atoms with van der Waals surface area (Å²) in [5.41, 5.74) is 0.0406. The zero-order valence-corrected chi connectivity index (χ0v) is 19.7. The number of fused-ring (bicyclic) bond motifs is 4. The van der Waals surface area contributed by atoms with Crippen molar-refractivity contribution in [2.45, 2.75) is 28.0 Å². The van der Waals surface area contributed by atoms with Gasteiger partial charge in [0.15, 0.2) is 0 Å². The van der Waals surface area contributed by atoms with Crippen molar-refractivity contribution in [2.75, 3.05) is 17.8 Å². The predicted octanol–water partition coefficient (Wildman–Crippen LogP) is 2.66. The first kappa shape index (κ1) is 22.3. The summed E-state index contributed by atoms with van der Waals surface area (Å²) < 4.78 is 70.3. The molecule has 2 aromatic heterocycles. The number of pyridine rings is 1. The van der Waals surface area contributed by atoms with Crippen LogP contribution in [0.5, 0.6) is 0 Å². The summed E-state index contributed by atoms with van der Waals surface area (Å²) in [5.74, 6) is -0.942. The predicted molar refractivity (Wildman–Crippen MR) is 122 cm³/mol. The van der Waals surface area contributed by atoms with E-state index in [0.29, 0.717) is 16.4 Å². The topological polar surface area (TPSA) is 106 Å². The van der Waals surface area contributed by atoms with Crippen LogP contribution in [0.25, 0.3) is 0 Å². The van der Waals surface area contributed by atoms with E-state index < -0.39 is 31.4 Å². The molecular weight excluding hydrogens is 489 g/mol. The van der Waals surface area contributed by atoms with Gasteiger partial charge in [-0.25, -0.2) is 21.2 Å². The minimum atomic E-state index is -4.15. The summed E-state index contributed by atoms with van der Waals surface area (Å²) in [6.45, 7) is 0.836. The summed E-state index contributed by atoms with van der Waals surface area (Å²) in [7, 11) is -7.74. The Labute approximate surface area is 194 Å². The number of aromatic nitrogens is 1. The van der Waals surface area contributed by atoms with Crippen LogP contribution in [0.3, 0.4) is 0 Å². The van der Waals surface area contributed by atoms with Gasteiger partial charge in [-0.2, -0.15) is 4.31 Å². The maximum atomic E-state index is 13.5. The Bertz CT molecular complexity index is 1480. The fraction of sp³-hybridized carbons (Fsp3) is 0.286. The summed E-state index contributed by atoms with van der Waals surface area (Å²) in [4.78, 5) is 12.8. The average Bonchev–Trinajstić information content (AvgIpc) is 3.32. The van der Waals surface area contributed by atoms with Crippen LogP contribution >= 0.6 is 11.3 Å². The minimum Gasteiger partial charge on any atom is -0.310 e. The molecule has 0 amide bonds. The molecule has 1 fully saturated rings. The van der Waals surface area contributed by atoms with Crippen molar-refractivity contribution < 1.29 is 21.2 Å². The first-order valence-corrected chi connectivity index (χ1v) is 14.0. The SMILES string of the molecule is O=c1c(NS(=O)(=O)c2cccc(F)c2)ccc2n1C[C@H]1C[C@@H]2CN(S(=O)(=O)c2cccs2)C1. The smallest absolute Gasteiger partial charge is 0.275 e. The van der Waals surface area contributed by atoms with Gasteiger partial charge < -0.3 is 4.57 Å². The molecule has 1 aromatic carbocycles. The third-order valence-corrected chi connectivity index (χ3v) is 10.6. The summed E-state index contributed by atoms with van der Waals surface area (Å²) in [5, 5.41) is 1.72. The van der Waals surface area contributed by atoms with Gasteiger partial charge in [0.1, 0.15) is 15.7 Å². The van der Waals surface area contributed by atoms with E-state index in [1.165, 1.54) is 38.4 Å². The van der Waals surface area contributed by atoms with E-state index in [1.54, 1.807) is 23.6 Å². The second-order valence-corrected chi connectivity index (χ2v) is 13.0. The van der Waals surface area contributed by atoms with Gasteiger partial charge in [0, 0.05) is 31.2 Å². The van der Waals surface area contributed by atoms with E-state index in [2.05, 4.69) is 4.72 Å². The van der Waals surface area contributed by atoms with Crippen molar-refractivity contribution in [1.82, 2.24) is 8.87 Å². The van der Waals surface area contributed by atoms with E-state index >= 15 is 0 Å². The maximum Gasteiger partial charge on any atom is 0.275 e. The number of benzene rings is 1. The molecule has 2 aliphatic heterocycles. The Morgan fingerprint density at radius 3 is 2.55 bits per heavy atom. The van der Waals surface area contributed by atoms with Crippen molar-refractivity contribution in [1.29, 1.82) is 0 Å².